The first-order valence-corrected chi connectivity index (χ1v) is 3.96. The molecule has 2 nitrogen and oxygen atoms in total. The lowest BCUT2D eigenvalue weighted by Gasteiger charge is -1.99. The molecule has 0 saturated heterocycles. The van der Waals surface area contributed by atoms with Gasteiger partial charge < -0.3 is 4.74 Å². The van der Waals surface area contributed by atoms with E-state index in [1.165, 1.54) is 0 Å². The van der Waals surface area contributed by atoms with Gasteiger partial charge in [-0.2, -0.15) is 0 Å². The van der Waals surface area contributed by atoms with Crippen molar-refractivity contribution in [3.8, 4) is 0 Å². The Kier molecular flexibility index (Phi) is 11.7. The molecule has 0 rings (SSSR count). The summed E-state index contributed by atoms with van der Waals surface area (Å²) in [5.74, 6) is -0.0593. The summed E-state index contributed by atoms with van der Waals surface area (Å²) in [5, 5.41) is 0. The molecule has 0 aliphatic heterocycles. The standard InChI is InChI=1S/C8H16O2.H4Si/c1-3-5-6-7-8(9)10-4-2;/h3-7H2,1-2H3;1H4. The van der Waals surface area contributed by atoms with Crippen LogP contribution < -0.4 is 0 Å². The van der Waals surface area contributed by atoms with Gasteiger partial charge in [-0.25, -0.2) is 0 Å². The molecule has 0 radical (unpaired) electrons. The van der Waals surface area contributed by atoms with Crippen LogP contribution in [0.25, 0.3) is 0 Å². The van der Waals surface area contributed by atoms with Crippen LogP contribution in [0.15, 0.2) is 0 Å². The second-order valence-corrected chi connectivity index (χ2v) is 2.26. The molecule has 0 fully saturated rings. The molecule has 0 spiro atoms. The molecule has 0 heterocycles. The molecule has 0 aliphatic rings. The van der Waals surface area contributed by atoms with Gasteiger partial charge >= 0.3 is 5.97 Å². The van der Waals surface area contributed by atoms with E-state index < -0.39 is 0 Å². The van der Waals surface area contributed by atoms with E-state index >= 15 is 0 Å². The largest absolute Gasteiger partial charge is 0.466 e. The number of hydrogen-bond donors (Lipinski definition) is 0. The highest BCUT2D eigenvalue weighted by molar-refractivity contribution is 5.75. The van der Waals surface area contributed by atoms with E-state index in [4.69, 9.17) is 4.74 Å². The minimum atomic E-state index is -0.0593. The first-order chi connectivity index (χ1) is 4.81. The van der Waals surface area contributed by atoms with Crippen LogP contribution in [0, 0.1) is 0 Å². The first-order valence-electron chi connectivity index (χ1n) is 3.96. The minimum Gasteiger partial charge on any atom is -0.466 e. The van der Waals surface area contributed by atoms with Gasteiger partial charge in [-0.3, -0.25) is 4.79 Å². The number of ether oxygens (including phenoxy) is 1. The van der Waals surface area contributed by atoms with Gasteiger partial charge in [0.25, 0.3) is 0 Å². The molecule has 0 aliphatic carbocycles. The third-order valence-electron chi connectivity index (χ3n) is 1.29. The lowest BCUT2D eigenvalue weighted by molar-refractivity contribution is -0.143. The highest BCUT2D eigenvalue weighted by Gasteiger charge is 1.98. The lowest BCUT2D eigenvalue weighted by Crippen LogP contribution is -2.02. The van der Waals surface area contributed by atoms with Crippen LogP contribution in [-0.2, 0) is 9.53 Å². The maximum atomic E-state index is 10.7. The monoisotopic (exact) mass is 176 g/mol. The third-order valence-corrected chi connectivity index (χ3v) is 1.29. The predicted molar refractivity (Wildman–Crippen MR) is 52.1 cm³/mol. The number of unbranched alkanes of at least 4 members (excludes halogenated alkanes) is 2. The Bertz CT molecular complexity index is 94.1. The van der Waals surface area contributed by atoms with Gasteiger partial charge in [0, 0.05) is 6.42 Å². The summed E-state index contributed by atoms with van der Waals surface area (Å²) in [6, 6.07) is 0. The Morgan fingerprint density at radius 3 is 2.36 bits per heavy atom. The molecule has 68 valence electrons. The zero-order valence-electron chi connectivity index (χ0n) is 6.85. The average molecular weight is 176 g/mol. The van der Waals surface area contributed by atoms with Crippen LogP contribution in [0.3, 0.4) is 0 Å². The molecule has 0 bridgehead atoms. The van der Waals surface area contributed by atoms with Crippen molar-refractivity contribution in [1.82, 2.24) is 0 Å². The Balaban J connectivity index is 0. The fraction of sp³-hybridized carbons (Fsp3) is 0.875. The van der Waals surface area contributed by atoms with Crippen molar-refractivity contribution in [3.63, 3.8) is 0 Å². The van der Waals surface area contributed by atoms with Crippen LogP contribution in [0.4, 0.5) is 0 Å². The number of esters is 1. The molecule has 0 aromatic heterocycles. The molecule has 0 atom stereocenters. The number of hydrogen-bond acceptors (Lipinski definition) is 2. The van der Waals surface area contributed by atoms with Crippen molar-refractivity contribution in [2.24, 2.45) is 0 Å². The third kappa shape index (κ3) is 9.69. The highest BCUT2D eigenvalue weighted by atomic mass is 28.1. The van der Waals surface area contributed by atoms with Crippen LogP contribution in [0.5, 0.6) is 0 Å². The van der Waals surface area contributed by atoms with E-state index in [0.29, 0.717) is 13.0 Å². The van der Waals surface area contributed by atoms with Crippen LogP contribution >= 0.6 is 0 Å². The number of carbonyl (C=O) groups excluding carboxylic acids is 1. The second kappa shape index (κ2) is 9.69. The van der Waals surface area contributed by atoms with Gasteiger partial charge in [-0.1, -0.05) is 19.8 Å². The smallest absolute Gasteiger partial charge is 0.305 e. The van der Waals surface area contributed by atoms with Crippen molar-refractivity contribution in [2.45, 2.75) is 39.5 Å². The zero-order chi connectivity index (χ0) is 7.82. The van der Waals surface area contributed by atoms with Gasteiger partial charge in [0.2, 0.25) is 0 Å². The van der Waals surface area contributed by atoms with Gasteiger partial charge in [0.1, 0.15) is 0 Å². The molecule has 3 heteroatoms. The van der Waals surface area contributed by atoms with Gasteiger partial charge in [-0.15, -0.1) is 0 Å². The highest BCUT2D eigenvalue weighted by Crippen LogP contribution is 1.99. The van der Waals surface area contributed by atoms with Crippen molar-refractivity contribution in [2.75, 3.05) is 6.61 Å². The summed E-state index contributed by atoms with van der Waals surface area (Å²) >= 11 is 0. The SMILES string of the molecule is CCCCCC(=O)OCC.[SiH4]. The maximum absolute atomic E-state index is 10.7. The molecule has 0 saturated carbocycles. The fourth-order valence-corrected chi connectivity index (χ4v) is 0.752. The molecule has 0 N–H and O–H groups in total. The molecular weight excluding hydrogens is 156 g/mol. The Morgan fingerprint density at radius 2 is 1.91 bits per heavy atom. The Labute approximate surface area is 73.3 Å². The number of carbonyl (C=O) groups is 1. The van der Waals surface area contributed by atoms with Crippen LogP contribution in [0.1, 0.15) is 39.5 Å². The quantitative estimate of drug-likeness (QED) is 0.350. The van der Waals surface area contributed by atoms with Crippen LogP contribution in [0.2, 0.25) is 0 Å². The summed E-state index contributed by atoms with van der Waals surface area (Å²) in [6.45, 7) is 4.45. The normalized spacial score (nSPS) is 8.55. The van der Waals surface area contributed by atoms with Gasteiger partial charge in [-0.05, 0) is 24.3 Å². The zero-order valence-corrected chi connectivity index (χ0v) is 6.85. The van der Waals surface area contributed by atoms with Crippen LogP contribution in [-0.4, -0.2) is 23.5 Å². The van der Waals surface area contributed by atoms with E-state index in [-0.39, 0.29) is 16.9 Å². The molecule has 0 amide bonds. The summed E-state index contributed by atoms with van der Waals surface area (Å²) in [4.78, 5) is 10.7. The summed E-state index contributed by atoms with van der Waals surface area (Å²) in [5.41, 5.74) is 0. The predicted octanol–water partition coefficient (Wildman–Crippen LogP) is 0.678. The van der Waals surface area contributed by atoms with Crippen molar-refractivity contribution < 1.29 is 9.53 Å². The average Bonchev–Trinajstić information content (AvgIpc) is 1.89. The second-order valence-electron chi connectivity index (χ2n) is 2.26. The summed E-state index contributed by atoms with van der Waals surface area (Å²) < 4.78 is 4.75. The van der Waals surface area contributed by atoms with E-state index in [2.05, 4.69) is 6.92 Å². The molecular formula is C8H20O2Si. The van der Waals surface area contributed by atoms with E-state index in [1.54, 1.807) is 0 Å². The molecule has 11 heavy (non-hydrogen) atoms. The topological polar surface area (TPSA) is 26.3 Å². The summed E-state index contributed by atoms with van der Waals surface area (Å²) in [6.07, 6.45) is 3.83. The maximum Gasteiger partial charge on any atom is 0.305 e. The molecule has 0 unspecified atom stereocenters. The van der Waals surface area contributed by atoms with Crippen molar-refractivity contribution in [1.29, 1.82) is 0 Å². The summed E-state index contributed by atoms with van der Waals surface area (Å²) in [7, 11) is 0. The van der Waals surface area contributed by atoms with Gasteiger partial charge in [0.15, 0.2) is 0 Å². The Hall–Kier alpha value is -0.313. The first kappa shape index (κ1) is 13.3. The fourth-order valence-electron chi connectivity index (χ4n) is 0.752. The Morgan fingerprint density at radius 1 is 1.27 bits per heavy atom. The minimum absolute atomic E-state index is 0. The number of rotatable bonds is 5. The molecule has 0 aromatic carbocycles. The van der Waals surface area contributed by atoms with Crippen molar-refractivity contribution in [3.05, 3.63) is 0 Å². The van der Waals surface area contributed by atoms with Crippen molar-refractivity contribution >= 4 is 16.9 Å². The van der Waals surface area contributed by atoms with E-state index in [9.17, 15) is 4.79 Å². The van der Waals surface area contributed by atoms with E-state index in [0.717, 1.165) is 19.3 Å². The molecule has 0 aromatic rings. The van der Waals surface area contributed by atoms with Gasteiger partial charge in [0.05, 0.1) is 6.61 Å². The lowest BCUT2D eigenvalue weighted by atomic mass is 10.2. The van der Waals surface area contributed by atoms with E-state index in [1.807, 2.05) is 6.92 Å².